The smallest absolute Gasteiger partial charge is 0.339 e. The van der Waals surface area contributed by atoms with Gasteiger partial charge in [-0.05, 0) is 36.4 Å². The molecule has 0 radical (unpaired) electrons. The van der Waals surface area contributed by atoms with Crippen molar-refractivity contribution in [2.45, 2.75) is 9.79 Å². The van der Waals surface area contributed by atoms with E-state index >= 15 is 0 Å². The van der Waals surface area contributed by atoms with Crippen LogP contribution < -0.4 is 4.18 Å². The SMILES string of the molecule is CS(=O)(=O)c1ccc(S(=O)(=O)Oc2ccccc2C(=O)N2CCOCC2)cc1. The first kappa shape index (κ1) is 20.3. The summed E-state index contributed by atoms with van der Waals surface area (Å²) in [7, 11) is -7.70. The number of amides is 1. The summed E-state index contributed by atoms with van der Waals surface area (Å²) in [6.45, 7) is 1.65. The van der Waals surface area contributed by atoms with Gasteiger partial charge in [0, 0.05) is 19.3 Å². The predicted molar refractivity (Wildman–Crippen MR) is 101 cm³/mol. The van der Waals surface area contributed by atoms with Crippen LogP contribution in [0.5, 0.6) is 5.75 Å². The number of carbonyl (C=O) groups excluding carboxylic acids is 1. The molecule has 1 saturated heterocycles. The van der Waals surface area contributed by atoms with Gasteiger partial charge in [0.1, 0.15) is 4.90 Å². The zero-order valence-electron chi connectivity index (χ0n) is 15.1. The first-order valence-electron chi connectivity index (χ1n) is 8.39. The van der Waals surface area contributed by atoms with Gasteiger partial charge in [-0.1, -0.05) is 12.1 Å². The number of benzene rings is 2. The molecule has 3 rings (SSSR count). The molecule has 0 aromatic heterocycles. The normalized spacial score (nSPS) is 15.2. The largest absolute Gasteiger partial charge is 0.378 e. The molecular weight excluding hydrogens is 406 g/mol. The molecule has 1 fully saturated rings. The van der Waals surface area contributed by atoms with Gasteiger partial charge in [-0.25, -0.2) is 8.42 Å². The van der Waals surface area contributed by atoms with E-state index in [4.69, 9.17) is 8.92 Å². The third-order valence-electron chi connectivity index (χ3n) is 4.16. The Hall–Kier alpha value is -2.43. The fraction of sp³-hybridized carbons (Fsp3) is 0.278. The Morgan fingerprint density at radius 1 is 0.929 bits per heavy atom. The maximum Gasteiger partial charge on any atom is 0.339 e. The van der Waals surface area contributed by atoms with E-state index in [-0.39, 0.29) is 27.0 Å². The third-order valence-corrected chi connectivity index (χ3v) is 6.53. The Kier molecular flexibility index (Phi) is 5.73. The second kappa shape index (κ2) is 7.90. The monoisotopic (exact) mass is 425 g/mol. The lowest BCUT2D eigenvalue weighted by molar-refractivity contribution is 0.0302. The molecule has 0 N–H and O–H groups in total. The minimum Gasteiger partial charge on any atom is -0.378 e. The number of sulfone groups is 1. The van der Waals surface area contributed by atoms with Gasteiger partial charge in [0.2, 0.25) is 0 Å². The number of nitrogens with zero attached hydrogens (tertiary/aromatic N) is 1. The number of carbonyl (C=O) groups is 1. The molecule has 0 bridgehead atoms. The molecule has 1 heterocycles. The summed E-state index contributed by atoms with van der Waals surface area (Å²) in [5.74, 6) is -0.437. The zero-order chi connectivity index (χ0) is 20.4. The number of hydrogen-bond acceptors (Lipinski definition) is 7. The molecule has 1 amide bonds. The Balaban J connectivity index is 1.87. The van der Waals surface area contributed by atoms with Gasteiger partial charge in [0.05, 0.1) is 23.7 Å². The molecule has 150 valence electrons. The molecule has 1 aliphatic rings. The zero-order valence-corrected chi connectivity index (χ0v) is 16.7. The molecule has 0 aliphatic carbocycles. The third kappa shape index (κ3) is 4.51. The van der Waals surface area contributed by atoms with E-state index in [9.17, 15) is 21.6 Å². The van der Waals surface area contributed by atoms with Gasteiger partial charge in [0.25, 0.3) is 5.91 Å². The molecule has 28 heavy (non-hydrogen) atoms. The van der Waals surface area contributed by atoms with Gasteiger partial charge in [-0.15, -0.1) is 0 Å². The van der Waals surface area contributed by atoms with Crippen molar-refractivity contribution in [2.24, 2.45) is 0 Å². The maximum absolute atomic E-state index is 12.7. The van der Waals surface area contributed by atoms with Crippen LogP contribution in [0, 0.1) is 0 Å². The van der Waals surface area contributed by atoms with Crippen molar-refractivity contribution < 1.29 is 30.6 Å². The summed E-state index contributed by atoms with van der Waals surface area (Å²) in [5.41, 5.74) is 0.126. The first-order valence-corrected chi connectivity index (χ1v) is 11.7. The molecule has 0 unspecified atom stereocenters. The van der Waals surface area contributed by atoms with E-state index in [1.807, 2.05) is 0 Å². The van der Waals surface area contributed by atoms with E-state index in [2.05, 4.69) is 0 Å². The van der Waals surface area contributed by atoms with Crippen molar-refractivity contribution >= 4 is 25.9 Å². The van der Waals surface area contributed by atoms with Crippen LogP contribution in [0.2, 0.25) is 0 Å². The predicted octanol–water partition coefficient (Wildman–Crippen LogP) is 1.33. The summed E-state index contributed by atoms with van der Waals surface area (Å²) < 4.78 is 58.7. The number of ether oxygens (including phenoxy) is 1. The van der Waals surface area contributed by atoms with Crippen LogP contribution in [0.15, 0.2) is 58.3 Å². The molecule has 1 aliphatic heterocycles. The summed E-state index contributed by atoms with van der Waals surface area (Å²) in [6.07, 6.45) is 1.03. The van der Waals surface area contributed by atoms with Crippen LogP contribution in [0.4, 0.5) is 0 Å². The van der Waals surface area contributed by atoms with Crippen LogP contribution in [-0.4, -0.2) is 60.2 Å². The molecule has 2 aromatic carbocycles. The van der Waals surface area contributed by atoms with Gasteiger partial charge < -0.3 is 13.8 Å². The minimum atomic E-state index is -4.25. The first-order chi connectivity index (χ1) is 13.2. The Morgan fingerprint density at radius 2 is 1.50 bits per heavy atom. The Morgan fingerprint density at radius 3 is 2.11 bits per heavy atom. The van der Waals surface area contributed by atoms with Gasteiger partial charge in [0.15, 0.2) is 15.6 Å². The summed E-state index contributed by atoms with van der Waals surface area (Å²) in [5, 5.41) is 0. The lowest BCUT2D eigenvalue weighted by Gasteiger charge is -2.27. The van der Waals surface area contributed by atoms with E-state index in [1.165, 1.54) is 24.3 Å². The van der Waals surface area contributed by atoms with Gasteiger partial charge >= 0.3 is 10.1 Å². The van der Waals surface area contributed by atoms with Crippen LogP contribution >= 0.6 is 0 Å². The fourth-order valence-electron chi connectivity index (χ4n) is 2.67. The Bertz CT molecular complexity index is 1070. The lowest BCUT2D eigenvalue weighted by Crippen LogP contribution is -2.40. The Labute approximate surface area is 163 Å². The molecule has 10 heteroatoms. The van der Waals surface area contributed by atoms with Crippen molar-refractivity contribution in [3.05, 3.63) is 54.1 Å². The minimum absolute atomic E-state index is 0.00524. The average Bonchev–Trinajstić information content (AvgIpc) is 2.68. The average molecular weight is 425 g/mol. The lowest BCUT2D eigenvalue weighted by atomic mass is 10.1. The summed E-state index contributed by atoms with van der Waals surface area (Å²) in [4.78, 5) is 14.1. The van der Waals surface area contributed by atoms with Gasteiger partial charge in [-0.3, -0.25) is 4.79 Å². The van der Waals surface area contributed by atoms with Crippen LogP contribution in [-0.2, 0) is 24.7 Å². The number of morpholine rings is 1. The van der Waals surface area contributed by atoms with Crippen molar-refractivity contribution in [1.29, 1.82) is 0 Å². The highest BCUT2D eigenvalue weighted by Crippen LogP contribution is 2.25. The number of hydrogen-bond donors (Lipinski definition) is 0. The van der Waals surface area contributed by atoms with E-state index in [1.54, 1.807) is 17.0 Å². The fourth-order valence-corrected chi connectivity index (χ4v) is 4.25. The standard InChI is InChI=1S/C18H19NO7S2/c1-27(21,22)14-6-8-15(9-7-14)28(23,24)26-17-5-3-2-4-16(17)18(20)19-10-12-25-13-11-19/h2-9H,10-13H2,1H3. The molecule has 2 aromatic rings. The second-order valence-corrected chi connectivity index (χ2v) is 9.74. The van der Waals surface area contributed by atoms with E-state index < -0.39 is 20.0 Å². The number of rotatable bonds is 5. The van der Waals surface area contributed by atoms with Crippen molar-refractivity contribution in [2.75, 3.05) is 32.6 Å². The highest BCUT2D eigenvalue weighted by molar-refractivity contribution is 7.90. The van der Waals surface area contributed by atoms with Crippen LogP contribution in [0.3, 0.4) is 0 Å². The molecule has 8 nitrogen and oxygen atoms in total. The topological polar surface area (TPSA) is 107 Å². The number of para-hydroxylation sites is 1. The van der Waals surface area contributed by atoms with E-state index in [0.717, 1.165) is 18.4 Å². The highest BCUT2D eigenvalue weighted by Gasteiger charge is 2.25. The second-order valence-electron chi connectivity index (χ2n) is 6.18. The highest BCUT2D eigenvalue weighted by atomic mass is 32.2. The van der Waals surface area contributed by atoms with Crippen LogP contribution in [0.25, 0.3) is 0 Å². The van der Waals surface area contributed by atoms with E-state index in [0.29, 0.717) is 26.3 Å². The molecule has 0 atom stereocenters. The van der Waals surface area contributed by atoms with Crippen LogP contribution in [0.1, 0.15) is 10.4 Å². The quantitative estimate of drug-likeness (QED) is 0.665. The molecule has 0 spiro atoms. The van der Waals surface area contributed by atoms with Gasteiger partial charge in [-0.2, -0.15) is 8.42 Å². The van der Waals surface area contributed by atoms with Crippen molar-refractivity contribution in [3.63, 3.8) is 0 Å². The summed E-state index contributed by atoms with van der Waals surface area (Å²) >= 11 is 0. The molecule has 0 saturated carbocycles. The van der Waals surface area contributed by atoms with Crippen molar-refractivity contribution in [1.82, 2.24) is 4.90 Å². The maximum atomic E-state index is 12.7. The summed E-state index contributed by atoms with van der Waals surface area (Å²) in [6, 6.07) is 10.8. The molecular formula is C18H19NO7S2. The van der Waals surface area contributed by atoms with Crippen molar-refractivity contribution in [3.8, 4) is 5.75 Å².